The third kappa shape index (κ3) is 7.08. The highest BCUT2D eigenvalue weighted by Crippen LogP contribution is 2.20. The molecular formula is C28H38N2O3. The third-order valence-corrected chi connectivity index (χ3v) is 6.65. The molecule has 2 aromatic carbocycles. The Morgan fingerprint density at radius 1 is 1.00 bits per heavy atom. The van der Waals surface area contributed by atoms with Crippen molar-refractivity contribution >= 4 is 11.8 Å². The van der Waals surface area contributed by atoms with Crippen molar-refractivity contribution in [2.24, 2.45) is 0 Å². The molecule has 1 atom stereocenters. The molecule has 1 saturated carbocycles. The molecule has 1 N–H and O–H groups in total. The second-order valence-corrected chi connectivity index (χ2v) is 9.31. The van der Waals surface area contributed by atoms with Crippen LogP contribution >= 0.6 is 0 Å². The average Bonchev–Trinajstić information content (AvgIpc) is 2.81. The predicted octanol–water partition coefficient (Wildman–Crippen LogP) is 5.25. The Morgan fingerprint density at radius 3 is 2.33 bits per heavy atom. The Kier molecular flexibility index (Phi) is 8.93. The summed E-state index contributed by atoms with van der Waals surface area (Å²) in [6, 6.07) is 13.6. The zero-order valence-electron chi connectivity index (χ0n) is 20.5. The molecule has 33 heavy (non-hydrogen) atoms. The number of hydrogen-bond donors (Lipinski definition) is 1. The van der Waals surface area contributed by atoms with Gasteiger partial charge in [0.15, 0.2) is 6.61 Å². The first-order chi connectivity index (χ1) is 15.9. The number of amides is 2. The predicted molar refractivity (Wildman–Crippen MR) is 132 cm³/mol. The molecule has 1 aliphatic rings. The van der Waals surface area contributed by atoms with Gasteiger partial charge in [0.05, 0.1) is 0 Å². The Labute approximate surface area is 198 Å². The maximum atomic E-state index is 13.4. The van der Waals surface area contributed by atoms with Crippen LogP contribution in [0.15, 0.2) is 42.5 Å². The largest absolute Gasteiger partial charge is 0.484 e. The molecule has 5 nitrogen and oxygen atoms in total. The van der Waals surface area contributed by atoms with E-state index in [1.807, 2.05) is 70.2 Å². The Balaban J connectivity index is 1.75. The maximum absolute atomic E-state index is 13.4. The molecule has 0 aromatic heterocycles. The van der Waals surface area contributed by atoms with Gasteiger partial charge >= 0.3 is 0 Å². The van der Waals surface area contributed by atoms with Crippen LogP contribution in [0.3, 0.4) is 0 Å². The minimum Gasteiger partial charge on any atom is -0.484 e. The lowest BCUT2D eigenvalue weighted by molar-refractivity contribution is -0.143. The molecule has 0 saturated heterocycles. The molecule has 2 amide bonds. The lowest BCUT2D eigenvalue weighted by Crippen LogP contribution is -2.52. The Bertz CT molecular complexity index is 933. The molecule has 0 bridgehead atoms. The third-order valence-electron chi connectivity index (χ3n) is 6.65. The standard InChI is InChI=1S/C28H38N2O3/c1-5-26(28(32)29-24-9-7-6-8-10-24)30(18-23-14-11-20(2)12-15-23)27(31)19-33-25-16-13-21(3)22(4)17-25/h11-17,24,26H,5-10,18-19H2,1-4H3,(H,29,32)/t26-/m1/s1. The molecule has 178 valence electrons. The fraction of sp³-hybridized carbons (Fsp3) is 0.500. The van der Waals surface area contributed by atoms with E-state index in [0.717, 1.165) is 42.4 Å². The van der Waals surface area contributed by atoms with Crippen LogP contribution in [0.4, 0.5) is 0 Å². The van der Waals surface area contributed by atoms with Gasteiger partial charge in [0, 0.05) is 12.6 Å². The van der Waals surface area contributed by atoms with E-state index in [-0.39, 0.29) is 24.5 Å². The van der Waals surface area contributed by atoms with Gasteiger partial charge in [-0.1, -0.05) is 62.1 Å². The summed E-state index contributed by atoms with van der Waals surface area (Å²) in [5.74, 6) is 0.428. The van der Waals surface area contributed by atoms with E-state index in [0.29, 0.717) is 18.7 Å². The van der Waals surface area contributed by atoms with E-state index in [1.165, 1.54) is 12.0 Å². The Hall–Kier alpha value is -2.82. The van der Waals surface area contributed by atoms with E-state index < -0.39 is 6.04 Å². The van der Waals surface area contributed by atoms with Gasteiger partial charge in [0.25, 0.3) is 5.91 Å². The van der Waals surface area contributed by atoms with Crippen molar-refractivity contribution in [2.45, 2.75) is 84.8 Å². The zero-order chi connectivity index (χ0) is 23.8. The van der Waals surface area contributed by atoms with E-state index >= 15 is 0 Å². The molecule has 0 radical (unpaired) electrons. The molecule has 5 heteroatoms. The molecule has 1 fully saturated rings. The van der Waals surface area contributed by atoms with Crippen LogP contribution in [0.25, 0.3) is 0 Å². The van der Waals surface area contributed by atoms with E-state index in [1.54, 1.807) is 4.90 Å². The second kappa shape index (κ2) is 11.9. The zero-order valence-corrected chi connectivity index (χ0v) is 20.5. The van der Waals surface area contributed by atoms with Crippen molar-refractivity contribution < 1.29 is 14.3 Å². The summed E-state index contributed by atoms with van der Waals surface area (Å²) < 4.78 is 5.84. The van der Waals surface area contributed by atoms with E-state index in [9.17, 15) is 9.59 Å². The number of aryl methyl sites for hydroxylation is 3. The summed E-state index contributed by atoms with van der Waals surface area (Å²) in [5.41, 5.74) is 4.47. The van der Waals surface area contributed by atoms with Crippen molar-refractivity contribution in [2.75, 3.05) is 6.61 Å². The van der Waals surface area contributed by atoms with E-state index in [2.05, 4.69) is 5.32 Å². The van der Waals surface area contributed by atoms with Crippen LogP contribution in [-0.4, -0.2) is 35.4 Å². The fourth-order valence-electron chi connectivity index (χ4n) is 4.39. The Morgan fingerprint density at radius 2 is 1.70 bits per heavy atom. The van der Waals surface area contributed by atoms with Crippen LogP contribution in [0.5, 0.6) is 5.75 Å². The normalized spacial score (nSPS) is 15.0. The average molecular weight is 451 g/mol. The van der Waals surface area contributed by atoms with Crippen molar-refractivity contribution in [3.63, 3.8) is 0 Å². The lowest BCUT2D eigenvalue weighted by Gasteiger charge is -2.32. The van der Waals surface area contributed by atoms with Crippen LogP contribution < -0.4 is 10.1 Å². The van der Waals surface area contributed by atoms with Crippen molar-refractivity contribution in [3.8, 4) is 5.75 Å². The number of nitrogens with zero attached hydrogens (tertiary/aromatic N) is 1. The SMILES string of the molecule is CC[C@H](C(=O)NC1CCCCC1)N(Cc1ccc(C)cc1)C(=O)COc1ccc(C)c(C)c1. The molecule has 0 unspecified atom stereocenters. The van der Waals surface area contributed by atoms with Crippen molar-refractivity contribution in [3.05, 3.63) is 64.7 Å². The van der Waals surface area contributed by atoms with Gasteiger partial charge in [-0.15, -0.1) is 0 Å². The van der Waals surface area contributed by atoms with Gasteiger partial charge in [0.1, 0.15) is 11.8 Å². The van der Waals surface area contributed by atoms with Gasteiger partial charge in [0.2, 0.25) is 5.91 Å². The molecule has 0 heterocycles. The summed E-state index contributed by atoms with van der Waals surface area (Å²) in [5, 5.41) is 3.21. The topological polar surface area (TPSA) is 58.6 Å². The number of carbonyl (C=O) groups excluding carboxylic acids is 2. The number of hydrogen-bond acceptors (Lipinski definition) is 3. The number of nitrogens with one attached hydrogen (secondary N) is 1. The molecule has 1 aliphatic carbocycles. The molecule has 0 spiro atoms. The minimum atomic E-state index is -0.524. The quantitative estimate of drug-likeness (QED) is 0.568. The molecular weight excluding hydrogens is 412 g/mol. The van der Waals surface area contributed by atoms with Crippen molar-refractivity contribution in [1.29, 1.82) is 0 Å². The monoisotopic (exact) mass is 450 g/mol. The van der Waals surface area contributed by atoms with Crippen LogP contribution in [-0.2, 0) is 16.1 Å². The van der Waals surface area contributed by atoms with Crippen LogP contribution in [0.2, 0.25) is 0 Å². The summed E-state index contributed by atoms with van der Waals surface area (Å²) in [6.45, 7) is 8.36. The number of ether oxygens (including phenoxy) is 1. The maximum Gasteiger partial charge on any atom is 0.261 e. The fourth-order valence-corrected chi connectivity index (χ4v) is 4.39. The smallest absolute Gasteiger partial charge is 0.261 e. The van der Waals surface area contributed by atoms with Gasteiger partial charge in [-0.2, -0.15) is 0 Å². The van der Waals surface area contributed by atoms with Gasteiger partial charge in [-0.05, 0) is 68.9 Å². The molecule has 0 aliphatic heterocycles. The van der Waals surface area contributed by atoms with Gasteiger partial charge < -0.3 is 15.0 Å². The molecule has 3 rings (SSSR count). The first-order valence-corrected chi connectivity index (χ1v) is 12.2. The lowest BCUT2D eigenvalue weighted by atomic mass is 9.95. The second-order valence-electron chi connectivity index (χ2n) is 9.31. The number of benzene rings is 2. The first-order valence-electron chi connectivity index (χ1n) is 12.2. The summed E-state index contributed by atoms with van der Waals surface area (Å²) in [6.07, 6.45) is 6.13. The van der Waals surface area contributed by atoms with Gasteiger partial charge in [-0.3, -0.25) is 9.59 Å². The summed E-state index contributed by atoms with van der Waals surface area (Å²) in [4.78, 5) is 28.3. The van der Waals surface area contributed by atoms with Crippen molar-refractivity contribution in [1.82, 2.24) is 10.2 Å². The van der Waals surface area contributed by atoms with Crippen LogP contribution in [0.1, 0.15) is 67.7 Å². The first kappa shape index (κ1) is 24.8. The van der Waals surface area contributed by atoms with E-state index in [4.69, 9.17) is 4.74 Å². The summed E-state index contributed by atoms with van der Waals surface area (Å²) in [7, 11) is 0. The highest BCUT2D eigenvalue weighted by Gasteiger charge is 2.30. The van der Waals surface area contributed by atoms with Crippen LogP contribution in [0, 0.1) is 20.8 Å². The highest BCUT2D eigenvalue weighted by molar-refractivity contribution is 5.88. The number of carbonyl (C=O) groups is 2. The molecule has 2 aromatic rings. The highest BCUT2D eigenvalue weighted by atomic mass is 16.5. The van der Waals surface area contributed by atoms with Gasteiger partial charge in [-0.25, -0.2) is 0 Å². The minimum absolute atomic E-state index is 0.0592. The number of rotatable bonds is 9. The summed E-state index contributed by atoms with van der Waals surface area (Å²) >= 11 is 0.